The molecule has 4 nitrogen and oxygen atoms in total. The molecule has 4 heteroatoms. The van der Waals surface area contributed by atoms with Gasteiger partial charge in [0.05, 0.1) is 19.8 Å². The second-order valence-corrected chi connectivity index (χ2v) is 7.83. The third-order valence-corrected chi connectivity index (χ3v) is 5.13. The maximum absolute atomic E-state index is 5.70. The fourth-order valence-electron chi connectivity index (χ4n) is 3.90. The number of hydrogen-bond acceptors (Lipinski definition) is 4. The van der Waals surface area contributed by atoms with Crippen molar-refractivity contribution >= 4 is 0 Å². The highest BCUT2D eigenvalue weighted by Crippen LogP contribution is 2.36. The highest BCUT2D eigenvalue weighted by atomic mass is 16.5. The number of nitrogens with zero attached hydrogens (tertiary/aromatic N) is 1. The number of piperazine rings is 1. The van der Waals surface area contributed by atoms with Gasteiger partial charge in [-0.1, -0.05) is 33.6 Å². The van der Waals surface area contributed by atoms with Gasteiger partial charge in [0.15, 0.2) is 0 Å². The molecule has 0 aromatic rings. The zero-order valence-corrected chi connectivity index (χ0v) is 14.4. The van der Waals surface area contributed by atoms with Crippen LogP contribution in [0.2, 0.25) is 0 Å². The Morgan fingerprint density at radius 3 is 2.48 bits per heavy atom. The molecule has 2 fully saturated rings. The Hall–Kier alpha value is -0.160. The molecule has 1 aliphatic carbocycles. The van der Waals surface area contributed by atoms with Crippen LogP contribution in [0, 0.1) is 5.41 Å². The van der Waals surface area contributed by atoms with E-state index in [1.54, 1.807) is 7.11 Å². The summed E-state index contributed by atoms with van der Waals surface area (Å²) in [4.78, 5) is 2.68. The second-order valence-electron chi connectivity index (χ2n) is 7.83. The molecule has 0 aromatic carbocycles. The standard InChI is InChI=1S/C17H34N2O2/c1-16(2,3)15-13-18-17(7-5-6-8-17)14-19(15)9-10-21-12-11-20-4/h15,18H,5-14H2,1-4H3. The third kappa shape index (κ3) is 4.65. The van der Waals surface area contributed by atoms with E-state index in [2.05, 4.69) is 31.0 Å². The van der Waals surface area contributed by atoms with Crippen molar-refractivity contribution in [1.82, 2.24) is 10.2 Å². The monoisotopic (exact) mass is 298 g/mol. The molecule has 1 saturated heterocycles. The maximum atomic E-state index is 5.70. The Kier molecular flexibility index (Phi) is 6.06. The summed E-state index contributed by atoms with van der Waals surface area (Å²) in [6.45, 7) is 12.6. The van der Waals surface area contributed by atoms with Gasteiger partial charge in [0.1, 0.15) is 0 Å². The molecule has 1 atom stereocenters. The van der Waals surface area contributed by atoms with Crippen molar-refractivity contribution in [3.63, 3.8) is 0 Å². The van der Waals surface area contributed by atoms with Crippen LogP contribution in [-0.4, -0.2) is 63.0 Å². The highest BCUT2D eigenvalue weighted by Gasteiger charge is 2.43. The lowest BCUT2D eigenvalue weighted by Crippen LogP contribution is -2.66. The molecule has 1 aliphatic heterocycles. The maximum Gasteiger partial charge on any atom is 0.0700 e. The summed E-state index contributed by atoms with van der Waals surface area (Å²) in [6, 6.07) is 0.592. The molecule has 2 rings (SSSR count). The molecule has 0 radical (unpaired) electrons. The van der Waals surface area contributed by atoms with Crippen LogP contribution in [0.15, 0.2) is 0 Å². The zero-order valence-electron chi connectivity index (χ0n) is 14.4. The van der Waals surface area contributed by atoms with Gasteiger partial charge in [-0.2, -0.15) is 0 Å². The fraction of sp³-hybridized carbons (Fsp3) is 1.00. The van der Waals surface area contributed by atoms with Crippen LogP contribution in [0.5, 0.6) is 0 Å². The minimum atomic E-state index is 0.305. The molecule has 1 unspecified atom stereocenters. The molecule has 1 saturated carbocycles. The van der Waals surface area contributed by atoms with Gasteiger partial charge in [-0.05, 0) is 18.3 Å². The molecule has 124 valence electrons. The summed E-state index contributed by atoms with van der Waals surface area (Å²) in [5.74, 6) is 0. The molecule has 1 N–H and O–H groups in total. The molecule has 21 heavy (non-hydrogen) atoms. The van der Waals surface area contributed by atoms with E-state index in [9.17, 15) is 0 Å². The van der Waals surface area contributed by atoms with E-state index < -0.39 is 0 Å². The second kappa shape index (κ2) is 7.40. The molecule has 1 heterocycles. The van der Waals surface area contributed by atoms with Gasteiger partial charge in [0.2, 0.25) is 0 Å². The van der Waals surface area contributed by atoms with Crippen LogP contribution in [-0.2, 0) is 9.47 Å². The van der Waals surface area contributed by atoms with Crippen LogP contribution in [0.4, 0.5) is 0 Å². The average Bonchev–Trinajstić information content (AvgIpc) is 2.85. The smallest absolute Gasteiger partial charge is 0.0700 e. The van der Waals surface area contributed by atoms with Crippen molar-refractivity contribution in [3.05, 3.63) is 0 Å². The Bertz CT molecular complexity index is 308. The molecular formula is C17H34N2O2. The van der Waals surface area contributed by atoms with Gasteiger partial charge in [0, 0.05) is 38.3 Å². The first-order valence-corrected chi connectivity index (χ1v) is 8.53. The average molecular weight is 298 g/mol. The third-order valence-electron chi connectivity index (χ3n) is 5.13. The van der Waals surface area contributed by atoms with Gasteiger partial charge in [-0.3, -0.25) is 4.90 Å². The van der Waals surface area contributed by atoms with E-state index in [1.165, 1.54) is 32.2 Å². The predicted molar refractivity (Wildman–Crippen MR) is 86.7 cm³/mol. The Morgan fingerprint density at radius 2 is 1.86 bits per heavy atom. The summed E-state index contributed by atoms with van der Waals surface area (Å²) >= 11 is 0. The lowest BCUT2D eigenvalue weighted by atomic mass is 9.81. The van der Waals surface area contributed by atoms with E-state index in [0.29, 0.717) is 30.2 Å². The van der Waals surface area contributed by atoms with Crippen molar-refractivity contribution < 1.29 is 9.47 Å². The number of rotatable bonds is 6. The summed E-state index contributed by atoms with van der Waals surface area (Å²) in [5, 5.41) is 3.89. The lowest BCUT2D eigenvalue weighted by Gasteiger charge is -2.50. The normalized spacial score (nSPS) is 26.6. The SMILES string of the molecule is COCCOCCN1CC2(CCCC2)NCC1C(C)(C)C. The lowest BCUT2D eigenvalue weighted by molar-refractivity contribution is -0.00484. The van der Waals surface area contributed by atoms with Crippen LogP contribution < -0.4 is 5.32 Å². The van der Waals surface area contributed by atoms with Crippen molar-refractivity contribution in [2.24, 2.45) is 5.41 Å². The first-order valence-electron chi connectivity index (χ1n) is 8.53. The van der Waals surface area contributed by atoms with Crippen molar-refractivity contribution in [2.75, 3.05) is 46.6 Å². The van der Waals surface area contributed by atoms with Crippen LogP contribution >= 0.6 is 0 Å². The quantitative estimate of drug-likeness (QED) is 0.763. The van der Waals surface area contributed by atoms with Crippen molar-refractivity contribution in [2.45, 2.75) is 58.0 Å². The summed E-state index contributed by atoms with van der Waals surface area (Å²) in [6.07, 6.45) is 5.44. The molecular weight excluding hydrogens is 264 g/mol. The van der Waals surface area contributed by atoms with E-state index in [0.717, 1.165) is 19.7 Å². The van der Waals surface area contributed by atoms with Crippen molar-refractivity contribution in [1.29, 1.82) is 0 Å². The van der Waals surface area contributed by atoms with Gasteiger partial charge in [-0.15, -0.1) is 0 Å². The number of nitrogens with one attached hydrogen (secondary N) is 1. The van der Waals surface area contributed by atoms with E-state index in [-0.39, 0.29) is 0 Å². The van der Waals surface area contributed by atoms with E-state index >= 15 is 0 Å². The number of methoxy groups -OCH3 is 1. The zero-order chi connectivity index (χ0) is 15.3. The molecule has 2 aliphatic rings. The van der Waals surface area contributed by atoms with E-state index in [1.807, 2.05) is 0 Å². The molecule has 1 spiro atoms. The van der Waals surface area contributed by atoms with Crippen LogP contribution in [0.1, 0.15) is 46.5 Å². The number of ether oxygens (including phenoxy) is 2. The fourth-order valence-corrected chi connectivity index (χ4v) is 3.90. The highest BCUT2D eigenvalue weighted by molar-refractivity contribution is 5.03. The largest absolute Gasteiger partial charge is 0.382 e. The van der Waals surface area contributed by atoms with Crippen LogP contribution in [0.3, 0.4) is 0 Å². The van der Waals surface area contributed by atoms with Gasteiger partial charge < -0.3 is 14.8 Å². The summed E-state index contributed by atoms with van der Waals surface area (Å²) < 4.78 is 10.7. The summed E-state index contributed by atoms with van der Waals surface area (Å²) in [7, 11) is 1.72. The Balaban J connectivity index is 1.90. The topological polar surface area (TPSA) is 33.7 Å². The first-order chi connectivity index (χ1) is 9.97. The first kappa shape index (κ1) is 17.2. The van der Waals surface area contributed by atoms with Crippen LogP contribution in [0.25, 0.3) is 0 Å². The Morgan fingerprint density at radius 1 is 1.14 bits per heavy atom. The van der Waals surface area contributed by atoms with Gasteiger partial charge >= 0.3 is 0 Å². The van der Waals surface area contributed by atoms with E-state index in [4.69, 9.17) is 9.47 Å². The number of hydrogen-bond donors (Lipinski definition) is 1. The van der Waals surface area contributed by atoms with Gasteiger partial charge in [0.25, 0.3) is 0 Å². The van der Waals surface area contributed by atoms with Gasteiger partial charge in [-0.25, -0.2) is 0 Å². The Labute approximate surface area is 130 Å². The minimum Gasteiger partial charge on any atom is -0.382 e. The predicted octanol–water partition coefficient (Wildman–Crippen LogP) is 2.28. The summed E-state index contributed by atoms with van der Waals surface area (Å²) in [5.41, 5.74) is 0.689. The molecule has 0 aromatic heterocycles. The van der Waals surface area contributed by atoms with Crippen molar-refractivity contribution in [3.8, 4) is 0 Å². The molecule has 0 bridgehead atoms. The molecule has 0 amide bonds. The minimum absolute atomic E-state index is 0.305.